The molecule has 0 atom stereocenters. The second kappa shape index (κ2) is 7.70. The summed E-state index contributed by atoms with van der Waals surface area (Å²) in [5, 5.41) is 13.8. The number of rotatable bonds is 5. The average Bonchev–Trinajstić information content (AvgIpc) is 3.07. The van der Waals surface area contributed by atoms with Gasteiger partial charge in [0.25, 0.3) is 0 Å². The van der Waals surface area contributed by atoms with E-state index in [9.17, 15) is 14.3 Å². The lowest BCUT2D eigenvalue weighted by molar-refractivity contribution is 0.0697. The van der Waals surface area contributed by atoms with Crippen LogP contribution in [0.5, 0.6) is 0 Å². The van der Waals surface area contributed by atoms with E-state index in [0.717, 1.165) is 22.1 Å². The molecular formula is C23H17ClFNO3. The van der Waals surface area contributed by atoms with Crippen molar-refractivity contribution in [3.8, 4) is 22.5 Å². The van der Waals surface area contributed by atoms with Crippen molar-refractivity contribution in [2.45, 2.75) is 6.54 Å². The second-order valence-electron chi connectivity index (χ2n) is 6.66. The van der Waals surface area contributed by atoms with Crippen LogP contribution in [0.4, 0.5) is 4.39 Å². The predicted molar refractivity (Wildman–Crippen MR) is 112 cm³/mol. The Labute approximate surface area is 171 Å². The van der Waals surface area contributed by atoms with E-state index in [1.165, 1.54) is 18.2 Å². The van der Waals surface area contributed by atoms with Crippen molar-refractivity contribution in [2.24, 2.45) is 0 Å². The molecule has 1 heterocycles. The number of hydrogen-bond donors (Lipinski definition) is 2. The number of fused-ring (bicyclic) bond motifs is 1. The Hall–Kier alpha value is -3.15. The summed E-state index contributed by atoms with van der Waals surface area (Å²) in [6.45, 7) is 0.548. The van der Waals surface area contributed by atoms with E-state index in [2.05, 4.69) is 5.32 Å². The maximum atomic E-state index is 13.3. The zero-order chi connectivity index (χ0) is 20.5. The summed E-state index contributed by atoms with van der Waals surface area (Å²) in [4.78, 5) is 11.3. The molecule has 0 unspecified atom stereocenters. The minimum absolute atomic E-state index is 0.166. The Morgan fingerprint density at radius 3 is 2.48 bits per heavy atom. The summed E-state index contributed by atoms with van der Waals surface area (Å²) in [7, 11) is 1.84. The minimum Gasteiger partial charge on any atom is -0.478 e. The highest BCUT2D eigenvalue weighted by molar-refractivity contribution is 6.33. The third-order valence-electron chi connectivity index (χ3n) is 4.78. The van der Waals surface area contributed by atoms with Gasteiger partial charge < -0.3 is 14.8 Å². The lowest BCUT2D eigenvalue weighted by Crippen LogP contribution is -2.05. The molecule has 146 valence electrons. The van der Waals surface area contributed by atoms with Crippen LogP contribution < -0.4 is 5.32 Å². The fraction of sp³-hybridized carbons (Fsp3) is 0.0870. The summed E-state index contributed by atoms with van der Waals surface area (Å²) < 4.78 is 19.4. The number of hydrogen-bond acceptors (Lipinski definition) is 3. The summed E-state index contributed by atoms with van der Waals surface area (Å²) in [6, 6.07) is 16.4. The van der Waals surface area contributed by atoms with Gasteiger partial charge in [-0.2, -0.15) is 0 Å². The molecule has 0 amide bonds. The van der Waals surface area contributed by atoms with Crippen molar-refractivity contribution >= 4 is 28.5 Å². The average molecular weight is 410 g/mol. The number of nitrogens with one attached hydrogen (secondary N) is 1. The molecule has 4 aromatic rings. The lowest BCUT2D eigenvalue weighted by Gasteiger charge is -2.07. The number of benzene rings is 3. The highest BCUT2D eigenvalue weighted by Gasteiger charge is 2.17. The van der Waals surface area contributed by atoms with Crippen molar-refractivity contribution in [2.75, 3.05) is 7.05 Å². The largest absolute Gasteiger partial charge is 0.478 e. The van der Waals surface area contributed by atoms with E-state index in [1.807, 2.05) is 25.2 Å². The molecule has 3 aromatic carbocycles. The monoisotopic (exact) mass is 409 g/mol. The summed E-state index contributed by atoms with van der Waals surface area (Å²) in [5.41, 5.74) is 3.98. The molecule has 0 spiro atoms. The van der Waals surface area contributed by atoms with Gasteiger partial charge in [-0.1, -0.05) is 17.7 Å². The van der Waals surface area contributed by atoms with Gasteiger partial charge in [0, 0.05) is 33.6 Å². The van der Waals surface area contributed by atoms with Crippen LogP contribution in [0.15, 0.2) is 65.1 Å². The van der Waals surface area contributed by atoms with Crippen molar-refractivity contribution in [1.29, 1.82) is 0 Å². The number of carboxylic acids is 1. The molecule has 0 aliphatic carbocycles. The molecule has 4 rings (SSSR count). The van der Waals surface area contributed by atoms with Crippen molar-refractivity contribution in [1.82, 2.24) is 5.32 Å². The van der Waals surface area contributed by atoms with Gasteiger partial charge in [-0.3, -0.25) is 0 Å². The van der Waals surface area contributed by atoms with Crippen LogP contribution in [0.3, 0.4) is 0 Å². The van der Waals surface area contributed by atoms with Gasteiger partial charge in [-0.15, -0.1) is 0 Å². The van der Waals surface area contributed by atoms with Crippen LogP contribution >= 0.6 is 11.6 Å². The third-order valence-corrected chi connectivity index (χ3v) is 5.10. The number of furan rings is 1. The SMILES string of the molecule is CNCc1c(-c2ccc(F)cc2)oc2ccc(-c3cc(C(=O)O)ccc3Cl)cc12. The summed E-state index contributed by atoms with van der Waals surface area (Å²) in [5.74, 6) is -0.658. The van der Waals surface area contributed by atoms with Gasteiger partial charge in [-0.05, 0) is 67.2 Å². The Kier molecular flexibility index (Phi) is 5.09. The topological polar surface area (TPSA) is 62.5 Å². The summed E-state index contributed by atoms with van der Waals surface area (Å²) in [6.07, 6.45) is 0. The fourth-order valence-corrected chi connectivity index (χ4v) is 3.61. The highest BCUT2D eigenvalue weighted by Crippen LogP contribution is 2.37. The first-order valence-electron chi connectivity index (χ1n) is 8.97. The van der Waals surface area contributed by atoms with Crippen molar-refractivity contribution in [3.05, 3.63) is 82.6 Å². The van der Waals surface area contributed by atoms with Crippen LogP contribution in [0.25, 0.3) is 33.4 Å². The van der Waals surface area contributed by atoms with Gasteiger partial charge in [0.15, 0.2) is 0 Å². The molecule has 0 radical (unpaired) electrons. The van der Waals surface area contributed by atoms with E-state index < -0.39 is 5.97 Å². The molecule has 0 saturated carbocycles. The predicted octanol–water partition coefficient (Wildman–Crippen LogP) is 5.98. The first-order chi connectivity index (χ1) is 14.0. The second-order valence-corrected chi connectivity index (χ2v) is 7.06. The number of aromatic carboxylic acids is 1. The van der Waals surface area contributed by atoms with Gasteiger partial charge in [0.1, 0.15) is 17.2 Å². The van der Waals surface area contributed by atoms with Gasteiger partial charge in [-0.25, -0.2) is 9.18 Å². The maximum Gasteiger partial charge on any atom is 0.335 e. The lowest BCUT2D eigenvalue weighted by atomic mass is 9.99. The zero-order valence-electron chi connectivity index (χ0n) is 15.5. The van der Waals surface area contributed by atoms with E-state index in [-0.39, 0.29) is 11.4 Å². The molecule has 1 aromatic heterocycles. The van der Waals surface area contributed by atoms with Gasteiger partial charge >= 0.3 is 5.97 Å². The van der Waals surface area contributed by atoms with Crippen LogP contribution in [0.1, 0.15) is 15.9 Å². The summed E-state index contributed by atoms with van der Waals surface area (Å²) >= 11 is 6.34. The highest BCUT2D eigenvalue weighted by atomic mass is 35.5. The molecule has 0 bridgehead atoms. The van der Waals surface area contributed by atoms with Crippen LogP contribution in [-0.2, 0) is 6.54 Å². The molecule has 0 aliphatic rings. The molecular weight excluding hydrogens is 393 g/mol. The molecule has 6 heteroatoms. The minimum atomic E-state index is -1.01. The molecule has 0 saturated heterocycles. The fourth-order valence-electron chi connectivity index (χ4n) is 3.38. The Morgan fingerprint density at radius 1 is 1.07 bits per heavy atom. The van der Waals surface area contributed by atoms with E-state index in [1.54, 1.807) is 24.3 Å². The molecule has 0 aliphatic heterocycles. The molecule has 29 heavy (non-hydrogen) atoms. The van der Waals surface area contributed by atoms with Gasteiger partial charge in [0.05, 0.1) is 5.56 Å². The van der Waals surface area contributed by atoms with Crippen LogP contribution in [-0.4, -0.2) is 18.1 Å². The van der Waals surface area contributed by atoms with E-state index in [4.69, 9.17) is 16.0 Å². The normalized spacial score (nSPS) is 11.1. The Morgan fingerprint density at radius 2 is 1.79 bits per heavy atom. The number of halogens is 2. The van der Waals surface area contributed by atoms with E-state index >= 15 is 0 Å². The van der Waals surface area contributed by atoms with Crippen LogP contribution in [0, 0.1) is 5.82 Å². The standard InChI is InChI=1S/C23H17ClFNO3/c1-26-12-19-18-10-14(17-11-15(23(27)28)4-8-20(17)24)5-9-21(18)29-22(19)13-2-6-16(25)7-3-13/h2-11,26H,12H2,1H3,(H,27,28). The molecule has 2 N–H and O–H groups in total. The third kappa shape index (κ3) is 3.62. The first kappa shape index (κ1) is 19.2. The van der Waals surface area contributed by atoms with Gasteiger partial charge in [0.2, 0.25) is 0 Å². The van der Waals surface area contributed by atoms with Crippen molar-refractivity contribution in [3.63, 3.8) is 0 Å². The Bertz CT molecular complexity index is 1220. The Balaban J connectivity index is 1.90. The van der Waals surface area contributed by atoms with Crippen LogP contribution in [0.2, 0.25) is 5.02 Å². The quantitative estimate of drug-likeness (QED) is 0.426. The first-order valence-corrected chi connectivity index (χ1v) is 9.35. The zero-order valence-corrected chi connectivity index (χ0v) is 16.3. The molecule has 0 fully saturated rings. The smallest absolute Gasteiger partial charge is 0.335 e. The number of carbonyl (C=O) groups is 1. The van der Waals surface area contributed by atoms with Crippen molar-refractivity contribution < 1.29 is 18.7 Å². The number of carboxylic acid groups (broad SMARTS) is 1. The maximum absolute atomic E-state index is 13.3. The van der Waals surface area contributed by atoms with E-state index in [0.29, 0.717) is 28.5 Å². The molecule has 4 nitrogen and oxygen atoms in total.